The van der Waals surface area contributed by atoms with Crippen molar-refractivity contribution in [2.24, 2.45) is 0 Å². The molecule has 0 saturated carbocycles. The van der Waals surface area contributed by atoms with E-state index in [0.29, 0.717) is 22.8 Å². The molecule has 2 amide bonds. The minimum atomic E-state index is -4.10. The average Bonchev–Trinajstić information content (AvgIpc) is 2.91. The Bertz CT molecular complexity index is 1390. The lowest BCUT2D eigenvalue weighted by molar-refractivity contribution is -0.139. The van der Waals surface area contributed by atoms with Crippen molar-refractivity contribution in [3.8, 4) is 0 Å². The highest BCUT2D eigenvalue weighted by atomic mass is 35.5. The summed E-state index contributed by atoms with van der Waals surface area (Å²) in [5.41, 5.74) is 2.78. The van der Waals surface area contributed by atoms with Gasteiger partial charge in [-0.1, -0.05) is 73.0 Å². The fraction of sp³-hybridized carbons (Fsp3) is 0.333. The molecule has 0 radical (unpaired) electrons. The summed E-state index contributed by atoms with van der Waals surface area (Å²) < 4.78 is 28.8. The van der Waals surface area contributed by atoms with Crippen LogP contribution in [0.2, 0.25) is 5.02 Å². The van der Waals surface area contributed by atoms with Gasteiger partial charge in [-0.15, -0.1) is 0 Å². The van der Waals surface area contributed by atoms with Crippen LogP contribution in [-0.4, -0.2) is 44.3 Å². The van der Waals surface area contributed by atoms with E-state index in [0.717, 1.165) is 28.3 Å². The van der Waals surface area contributed by atoms with Crippen LogP contribution in [-0.2, 0) is 26.2 Å². The smallest absolute Gasteiger partial charge is 0.264 e. The standard InChI is InChI=1S/C30H36ClN3O4S/c1-5-6-18-32-30(36)24(4)33(20-25-11-7-8-13-28(25)31)29(35)21-34(26-12-9-10-23(3)19-26)39(37,38)27-16-14-22(2)15-17-27/h7-17,19,24H,5-6,18,20-21H2,1-4H3,(H,32,36). The van der Waals surface area contributed by atoms with Crippen LogP contribution in [0.3, 0.4) is 0 Å². The molecule has 208 valence electrons. The summed E-state index contributed by atoms with van der Waals surface area (Å²) in [5, 5.41) is 3.33. The van der Waals surface area contributed by atoms with Gasteiger partial charge < -0.3 is 10.2 Å². The van der Waals surface area contributed by atoms with Gasteiger partial charge in [0.25, 0.3) is 10.0 Å². The normalized spacial score (nSPS) is 12.0. The van der Waals surface area contributed by atoms with Crippen molar-refractivity contribution in [1.82, 2.24) is 10.2 Å². The molecule has 3 rings (SSSR count). The molecule has 0 aliphatic rings. The molecule has 0 aromatic heterocycles. The Balaban J connectivity index is 2.01. The minimum absolute atomic E-state index is 0.0487. The van der Waals surface area contributed by atoms with Gasteiger partial charge in [-0.3, -0.25) is 13.9 Å². The van der Waals surface area contributed by atoms with Crippen LogP contribution < -0.4 is 9.62 Å². The number of nitrogens with zero attached hydrogens (tertiary/aromatic N) is 2. The number of halogens is 1. The summed E-state index contributed by atoms with van der Waals surface area (Å²) in [4.78, 5) is 28.4. The Morgan fingerprint density at radius 1 is 0.949 bits per heavy atom. The summed E-state index contributed by atoms with van der Waals surface area (Å²) in [6.07, 6.45) is 1.73. The van der Waals surface area contributed by atoms with Crippen LogP contribution in [0.15, 0.2) is 77.7 Å². The van der Waals surface area contributed by atoms with E-state index in [1.165, 1.54) is 17.0 Å². The van der Waals surface area contributed by atoms with E-state index in [-0.39, 0.29) is 17.3 Å². The number of hydrogen-bond donors (Lipinski definition) is 1. The van der Waals surface area contributed by atoms with Gasteiger partial charge >= 0.3 is 0 Å². The van der Waals surface area contributed by atoms with Gasteiger partial charge in [0.1, 0.15) is 12.6 Å². The summed E-state index contributed by atoms with van der Waals surface area (Å²) >= 11 is 6.40. The Labute approximate surface area is 236 Å². The average molecular weight is 570 g/mol. The molecule has 3 aromatic carbocycles. The maximum atomic E-state index is 13.9. The number of sulfonamides is 1. The lowest BCUT2D eigenvalue weighted by Crippen LogP contribution is -2.51. The topological polar surface area (TPSA) is 86.8 Å². The molecule has 0 bridgehead atoms. The van der Waals surface area contributed by atoms with E-state index >= 15 is 0 Å². The molecule has 9 heteroatoms. The fourth-order valence-electron chi connectivity index (χ4n) is 4.08. The number of anilines is 1. The first kappa shape index (κ1) is 30.2. The van der Waals surface area contributed by atoms with E-state index in [1.54, 1.807) is 61.5 Å². The van der Waals surface area contributed by atoms with Crippen molar-refractivity contribution < 1.29 is 18.0 Å². The summed E-state index contributed by atoms with van der Waals surface area (Å²) in [6.45, 7) is 7.44. The summed E-state index contributed by atoms with van der Waals surface area (Å²) in [6, 6.07) is 19.7. The predicted octanol–water partition coefficient (Wildman–Crippen LogP) is 5.49. The van der Waals surface area contributed by atoms with Crippen LogP contribution in [0.5, 0.6) is 0 Å². The second-order valence-electron chi connectivity index (χ2n) is 9.60. The lowest BCUT2D eigenvalue weighted by Gasteiger charge is -2.32. The monoisotopic (exact) mass is 569 g/mol. The Kier molecular flexibility index (Phi) is 10.5. The first-order chi connectivity index (χ1) is 18.5. The second kappa shape index (κ2) is 13.6. The summed E-state index contributed by atoms with van der Waals surface area (Å²) in [5.74, 6) is -0.836. The predicted molar refractivity (Wildman–Crippen MR) is 156 cm³/mol. The third-order valence-corrected chi connectivity index (χ3v) is 8.63. The zero-order chi connectivity index (χ0) is 28.6. The van der Waals surface area contributed by atoms with Crippen molar-refractivity contribution in [3.63, 3.8) is 0 Å². The molecule has 39 heavy (non-hydrogen) atoms. The van der Waals surface area contributed by atoms with Gasteiger partial charge in [-0.05, 0) is 68.7 Å². The maximum absolute atomic E-state index is 13.9. The zero-order valence-electron chi connectivity index (χ0n) is 22.9. The molecule has 1 N–H and O–H groups in total. The molecule has 0 aliphatic carbocycles. The first-order valence-electron chi connectivity index (χ1n) is 13.0. The van der Waals surface area contributed by atoms with E-state index < -0.39 is 28.5 Å². The van der Waals surface area contributed by atoms with E-state index in [4.69, 9.17) is 11.6 Å². The number of benzene rings is 3. The summed E-state index contributed by atoms with van der Waals surface area (Å²) in [7, 11) is -4.10. The number of carbonyl (C=O) groups is 2. The number of nitrogens with one attached hydrogen (secondary N) is 1. The van der Waals surface area contributed by atoms with Crippen molar-refractivity contribution >= 4 is 39.1 Å². The van der Waals surface area contributed by atoms with Gasteiger partial charge in [0.15, 0.2) is 0 Å². The highest BCUT2D eigenvalue weighted by Crippen LogP contribution is 2.26. The number of rotatable bonds is 12. The first-order valence-corrected chi connectivity index (χ1v) is 14.8. The molecular weight excluding hydrogens is 534 g/mol. The number of carbonyl (C=O) groups excluding carboxylic acids is 2. The Hall–Kier alpha value is -3.36. The van der Waals surface area contributed by atoms with Crippen molar-refractivity contribution in [2.75, 3.05) is 17.4 Å². The molecule has 1 unspecified atom stereocenters. The Morgan fingerprint density at radius 2 is 1.64 bits per heavy atom. The number of aryl methyl sites for hydroxylation is 2. The lowest BCUT2D eigenvalue weighted by atomic mass is 10.1. The molecular formula is C30H36ClN3O4S. The third kappa shape index (κ3) is 7.83. The molecule has 1 atom stereocenters. The molecule has 7 nitrogen and oxygen atoms in total. The second-order valence-corrected chi connectivity index (χ2v) is 11.9. The highest BCUT2D eigenvalue weighted by Gasteiger charge is 2.32. The SMILES string of the molecule is CCCCNC(=O)C(C)N(Cc1ccccc1Cl)C(=O)CN(c1cccc(C)c1)S(=O)(=O)c1ccc(C)cc1. The fourth-order valence-corrected chi connectivity index (χ4v) is 5.68. The van der Waals surface area contributed by atoms with Gasteiger partial charge in [-0.2, -0.15) is 0 Å². The number of amides is 2. The van der Waals surface area contributed by atoms with E-state index in [2.05, 4.69) is 5.32 Å². The van der Waals surface area contributed by atoms with Gasteiger partial charge in [0, 0.05) is 18.1 Å². The van der Waals surface area contributed by atoms with Gasteiger partial charge in [-0.25, -0.2) is 8.42 Å². The molecule has 0 saturated heterocycles. The molecule has 0 aliphatic heterocycles. The zero-order valence-corrected chi connectivity index (χ0v) is 24.4. The van der Waals surface area contributed by atoms with Gasteiger partial charge in [0.05, 0.1) is 10.6 Å². The van der Waals surface area contributed by atoms with Crippen LogP contribution in [0.1, 0.15) is 43.4 Å². The molecule has 0 fully saturated rings. The van der Waals surface area contributed by atoms with Crippen LogP contribution in [0.4, 0.5) is 5.69 Å². The third-order valence-electron chi connectivity index (χ3n) is 6.47. The van der Waals surface area contributed by atoms with Crippen LogP contribution in [0, 0.1) is 13.8 Å². The Morgan fingerprint density at radius 3 is 2.28 bits per heavy atom. The van der Waals surface area contributed by atoms with Crippen LogP contribution >= 0.6 is 11.6 Å². The van der Waals surface area contributed by atoms with Gasteiger partial charge in [0.2, 0.25) is 11.8 Å². The van der Waals surface area contributed by atoms with Crippen molar-refractivity contribution in [3.05, 3.63) is 94.5 Å². The van der Waals surface area contributed by atoms with E-state index in [9.17, 15) is 18.0 Å². The molecule has 0 spiro atoms. The largest absolute Gasteiger partial charge is 0.354 e. The highest BCUT2D eigenvalue weighted by molar-refractivity contribution is 7.92. The maximum Gasteiger partial charge on any atom is 0.264 e. The minimum Gasteiger partial charge on any atom is -0.354 e. The van der Waals surface area contributed by atoms with Crippen LogP contribution in [0.25, 0.3) is 0 Å². The number of hydrogen-bond acceptors (Lipinski definition) is 4. The number of unbranched alkanes of at least 4 members (excludes halogenated alkanes) is 1. The van der Waals surface area contributed by atoms with Crippen molar-refractivity contribution in [1.29, 1.82) is 0 Å². The van der Waals surface area contributed by atoms with Crippen molar-refractivity contribution in [2.45, 2.75) is 58.0 Å². The van der Waals surface area contributed by atoms with E-state index in [1.807, 2.05) is 26.8 Å². The molecule has 3 aromatic rings. The molecule has 0 heterocycles. The quantitative estimate of drug-likeness (QED) is 0.292.